The molecule has 2 aromatic rings. The maximum absolute atomic E-state index is 4.23. The monoisotopic (exact) mass is 397 g/mol. The number of nitrogens with zero attached hydrogens (tertiary/aromatic N) is 3. The number of nitrogens with one attached hydrogen (secondary N) is 2. The molecule has 112 valence electrons. The molecule has 1 aromatic carbocycles. The molecular weight excluding hydrogens is 377 g/mol. The van der Waals surface area contributed by atoms with Crippen molar-refractivity contribution in [1.82, 2.24) is 20.4 Å². The number of aromatic nitrogens is 2. The molecule has 0 bridgehead atoms. The highest BCUT2D eigenvalue weighted by atomic mass is 127. The van der Waals surface area contributed by atoms with Crippen LogP contribution in [0.4, 0.5) is 0 Å². The summed E-state index contributed by atoms with van der Waals surface area (Å²) in [5.74, 6) is 0.759. The number of guanidine groups is 1. The van der Waals surface area contributed by atoms with Crippen LogP contribution in [0.2, 0.25) is 0 Å². The normalized spacial score (nSPS) is 10.6. The number of hydrogen-bond donors (Lipinski definition) is 2. The third kappa shape index (κ3) is 5.22. The van der Waals surface area contributed by atoms with Gasteiger partial charge < -0.3 is 10.6 Å². The van der Waals surface area contributed by atoms with Crippen molar-refractivity contribution < 1.29 is 0 Å². The van der Waals surface area contributed by atoms with Crippen LogP contribution < -0.4 is 10.6 Å². The second-order valence-electron chi connectivity index (χ2n) is 4.22. The molecule has 2 rings (SSSR count). The summed E-state index contributed by atoms with van der Waals surface area (Å²) < 4.78 is 1.84. The van der Waals surface area contributed by atoms with Gasteiger partial charge in [0.25, 0.3) is 0 Å². The number of halogens is 1. The van der Waals surface area contributed by atoms with Gasteiger partial charge in [0.15, 0.2) is 5.96 Å². The summed E-state index contributed by atoms with van der Waals surface area (Å²) >= 11 is 0. The largest absolute Gasteiger partial charge is 0.353 e. The van der Waals surface area contributed by atoms with Gasteiger partial charge in [0.05, 0.1) is 5.69 Å². The van der Waals surface area contributed by atoms with Gasteiger partial charge in [-0.1, -0.05) is 18.2 Å². The van der Waals surface area contributed by atoms with Gasteiger partial charge in [-0.2, -0.15) is 5.10 Å². The highest BCUT2D eigenvalue weighted by Gasteiger charge is 2.00. The van der Waals surface area contributed by atoms with E-state index in [2.05, 4.69) is 39.4 Å². The van der Waals surface area contributed by atoms with E-state index in [9.17, 15) is 0 Å². The Bertz CT molecular complexity index is 578. The Hall–Kier alpha value is -1.83. The van der Waals surface area contributed by atoms with Crippen LogP contribution in [0.5, 0.6) is 0 Å². The minimum absolute atomic E-state index is 0. The average Bonchev–Trinajstić information content (AvgIpc) is 3.02. The van der Waals surface area contributed by atoms with Crippen molar-refractivity contribution in [2.45, 2.75) is 6.54 Å². The van der Waals surface area contributed by atoms with E-state index in [-0.39, 0.29) is 24.0 Å². The van der Waals surface area contributed by atoms with Crippen molar-refractivity contribution in [3.8, 4) is 5.69 Å². The lowest BCUT2D eigenvalue weighted by atomic mass is 10.2. The molecule has 1 heterocycles. The third-order valence-electron chi connectivity index (χ3n) is 2.78. The molecule has 21 heavy (non-hydrogen) atoms. The molecular formula is C15H20IN5. The smallest absolute Gasteiger partial charge is 0.191 e. The van der Waals surface area contributed by atoms with Crippen LogP contribution in [0.1, 0.15) is 5.56 Å². The molecule has 0 aliphatic rings. The van der Waals surface area contributed by atoms with Crippen molar-refractivity contribution in [1.29, 1.82) is 0 Å². The third-order valence-corrected chi connectivity index (χ3v) is 2.78. The maximum Gasteiger partial charge on any atom is 0.191 e. The maximum atomic E-state index is 4.23. The lowest BCUT2D eigenvalue weighted by Gasteiger charge is -2.11. The fraction of sp³-hybridized carbons (Fsp3) is 0.200. The van der Waals surface area contributed by atoms with Crippen molar-refractivity contribution in [3.05, 3.63) is 60.9 Å². The van der Waals surface area contributed by atoms with Gasteiger partial charge in [0, 0.05) is 32.5 Å². The molecule has 0 aliphatic carbocycles. The van der Waals surface area contributed by atoms with Gasteiger partial charge in [-0.25, -0.2) is 4.68 Å². The second-order valence-corrected chi connectivity index (χ2v) is 4.22. The Kier molecular flexibility index (Phi) is 7.52. The van der Waals surface area contributed by atoms with E-state index in [4.69, 9.17) is 0 Å². The second kappa shape index (κ2) is 9.17. The molecule has 0 saturated heterocycles. The zero-order valence-electron chi connectivity index (χ0n) is 12.0. The summed E-state index contributed by atoms with van der Waals surface area (Å²) in [5.41, 5.74) is 2.21. The van der Waals surface area contributed by atoms with E-state index >= 15 is 0 Å². The van der Waals surface area contributed by atoms with Crippen LogP contribution in [0, 0.1) is 0 Å². The van der Waals surface area contributed by atoms with E-state index in [1.54, 1.807) is 19.3 Å². The highest BCUT2D eigenvalue weighted by Crippen LogP contribution is 2.09. The van der Waals surface area contributed by atoms with Gasteiger partial charge in [-0.05, 0) is 23.8 Å². The minimum atomic E-state index is 0. The number of rotatable bonds is 5. The minimum Gasteiger partial charge on any atom is -0.353 e. The van der Waals surface area contributed by atoms with Crippen LogP contribution in [0.25, 0.3) is 5.69 Å². The zero-order valence-corrected chi connectivity index (χ0v) is 14.3. The molecule has 0 saturated carbocycles. The van der Waals surface area contributed by atoms with E-state index in [0.29, 0.717) is 13.1 Å². The fourth-order valence-corrected chi connectivity index (χ4v) is 1.81. The van der Waals surface area contributed by atoms with Crippen molar-refractivity contribution in [2.24, 2.45) is 4.99 Å². The Balaban J connectivity index is 0.00000220. The molecule has 0 unspecified atom stereocenters. The molecule has 2 N–H and O–H groups in total. The molecule has 6 heteroatoms. The molecule has 1 aromatic heterocycles. The first-order valence-corrected chi connectivity index (χ1v) is 6.48. The summed E-state index contributed by atoms with van der Waals surface area (Å²) in [5, 5.41) is 10.6. The van der Waals surface area contributed by atoms with Gasteiger partial charge in [-0.3, -0.25) is 4.99 Å². The van der Waals surface area contributed by atoms with E-state index in [1.807, 2.05) is 29.1 Å². The van der Waals surface area contributed by atoms with Crippen LogP contribution in [0.3, 0.4) is 0 Å². The predicted molar refractivity (Wildman–Crippen MR) is 97.4 cm³/mol. The zero-order chi connectivity index (χ0) is 14.2. The fourth-order valence-electron chi connectivity index (χ4n) is 1.81. The lowest BCUT2D eigenvalue weighted by molar-refractivity contribution is 0.838. The Morgan fingerprint density at radius 1 is 1.38 bits per heavy atom. The van der Waals surface area contributed by atoms with Crippen molar-refractivity contribution in [2.75, 3.05) is 13.6 Å². The molecule has 0 fully saturated rings. The van der Waals surface area contributed by atoms with E-state index in [0.717, 1.165) is 11.6 Å². The number of benzene rings is 1. The summed E-state index contributed by atoms with van der Waals surface area (Å²) in [6, 6.07) is 10.1. The molecule has 0 radical (unpaired) electrons. The van der Waals surface area contributed by atoms with E-state index in [1.165, 1.54) is 5.56 Å². The topological polar surface area (TPSA) is 54.2 Å². The molecule has 5 nitrogen and oxygen atoms in total. The summed E-state index contributed by atoms with van der Waals surface area (Å²) in [4.78, 5) is 4.14. The van der Waals surface area contributed by atoms with Gasteiger partial charge >= 0.3 is 0 Å². The van der Waals surface area contributed by atoms with E-state index < -0.39 is 0 Å². The average molecular weight is 397 g/mol. The Morgan fingerprint density at radius 2 is 2.24 bits per heavy atom. The molecule has 0 atom stereocenters. The van der Waals surface area contributed by atoms with Crippen LogP contribution in [-0.4, -0.2) is 29.3 Å². The van der Waals surface area contributed by atoms with Gasteiger partial charge in [0.2, 0.25) is 0 Å². The first kappa shape index (κ1) is 17.2. The van der Waals surface area contributed by atoms with Crippen LogP contribution in [0.15, 0.2) is 60.4 Å². The first-order valence-electron chi connectivity index (χ1n) is 6.48. The van der Waals surface area contributed by atoms with Gasteiger partial charge in [0.1, 0.15) is 0 Å². The van der Waals surface area contributed by atoms with Crippen LogP contribution in [-0.2, 0) is 6.54 Å². The molecule has 0 aliphatic heterocycles. The quantitative estimate of drug-likeness (QED) is 0.353. The Morgan fingerprint density at radius 3 is 2.90 bits per heavy atom. The summed E-state index contributed by atoms with van der Waals surface area (Å²) in [7, 11) is 1.75. The Labute approximate surface area is 142 Å². The molecule has 0 amide bonds. The standard InChI is InChI=1S/C15H19N5.HI/c1-3-8-17-15(16-2)18-12-13-6-4-7-14(11-13)20-10-5-9-19-20;/h3-7,9-11H,1,8,12H2,2H3,(H2,16,17,18);1H. The number of aliphatic imine (C=N–C) groups is 1. The molecule has 0 spiro atoms. The lowest BCUT2D eigenvalue weighted by Crippen LogP contribution is -2.36. The predicted octanol–water partition coefficient (Wildman–Crippen LogP) is 2.34. The first-order chi connectivity index (χ1) is 9.83. The number of hydrogen-bond acceptors (Lipinski definition) is 2. The van der Waals surface area contributed by atoms with Crippen molar-refractivity contribution in [3.63, 3.8) is 0 Å². The van der Waals surface area contributed by atoms with Crippen LogP contribution >= 0.6 is 24.0 Å². The van der Waals surface area contributed by atoms with Crippen molar-refractivity contribution >= 4 is 29.9 Å². The SMILES string of the molecule is C=CCNC(=NC)NCc1cccc(-n2cccn2)c1.I. The summed E-state index contributed by atoms with van der Waals surface area (Å²) in [6.07, 6.45) is 5.49. The highest BCUT2D eigenvalue weighted by molar-refractivity contribution is 14.0. The van der Waals surface area contributed by atoms with Gasteiger partial charge in [-0.15, -0.1) is 30.6 Å². The summed E-state index contributed by atoms with van der Waals surface area (Å²) in [6.45, 7) is 5.06.